The molecule has 1 heterocycles. The van der Waals surface area contributed by atoms with E-state index < -0.39 is 0 Å². The highest BCUT2D eigenvalue weighted by molar-refractivity contribution is 9.10. The maximum atomic E-state index is 12.7. The third-order valence-corrected chi connectivity index (χ3v) is 4.58. The van der Waals surface area contributed by atoms with Crippen LogP contribution in [0.4, 0.5) is 5.00 Å². The summed E-state index contributed by atoms with van der Waals surface area (Å²) in [6, 6.07) is 17.2. The molecule has 2 N–H and O–H groups in total. The Morgan fingerprint density at radius 2 is 1.67 bits per heavy atom. The van der Waals surface area contributed by atoms with Gasteiger partial charge in [-0.1, -0.05) is 46.3 Å². The van der Waals surface area contributed by atoms with Crippen LogP contribution in [0.1, 0.15) is 15.9 Å². The lowest BCUT2D eigenvalue weighted by Crippen LogP contribution is -2.04. The molecule has 21 heavy (non-hydrogen) atoms. The molecular formula is C17H12BrNOS. The first-order chi connectivity index (χ1) is 10.2. The van der Waals surface area contributed by atoms with Crippen LogP contribution >= 0.6 is 27.3 Å². The van der Waals surface area contributed by atoms with E-state index in [1.165, 1.54) is 11.3 Å². The van der Waals surface area contributed by atoms with Crippen LogP contribution in [-0.4, -0.2) is 5.78 Å². The number of nitrogen functional groups attached to an aromatic ring is 1. The van der Waals surface area contributed by atoms with Crippen LogP contribution < -0.4 is 5.73 Å². The van der Waals surface area contributed by atoms with Crippen LogP contribution in [0.3, 0.4) is 0 Å². The average Bonchev–Trinajstić information content (AvgIpc) is 2.90. The van der Waals surface area contributed by atoms with Gasteiger partial charge in [-0.15, -0.1) is 11.3 Å². The van der Waals surface area contributed by atoms with Gasteiger partial charge < -0.3 is 5.73 Å². The molecule has 0 bridgehead atoms. The number of hydrogen-bond acceptors (Lipinski definition) is 3. The SMILES string of the molecule is Nc1scc(-c2ccccc2)c1C(=O)c1ccc(Br)cc1. The fourth-order valence-corrected chi connectivity index (χ4v) is 3.27. The number of thiophene rings is 1. The molecule has 2 nitrogen and oxygen atoms in total. The molecule has 0 aliphatic rings. The molecule has 0 aliphatic heterocycles. The number of carbonyl (C=O) groups excluding carboxylic acids is 1. The molecule has 0 atom stereocenters. The van der Waals surface area contributed by atoms with Crippen molar-refractivity contribution in [3.8, 4) is 11.1 Å². The molecule has 0 radical (unpaired) electrons. The van der Waals surface area contributed by atoms with Crippen molar-refractivity contribution in [1.82, 2.24) is 0 Å². The Morgan fingerprint density at radius 3 is 2.33 bits per heavy atom. The summed E-state index contributed by atoms with van der Waals surface area (Å²) in [5.74, 6) is -0.0416. The van der Waals surface area contributed by atoms with E-state index in [4.69, 9.17) is 5.73 Å². The van der Waals surface area contributed by atoms with Gasteiger partial charge in [0, 0.05) is 21.0 Å². The minimum absolute atomic E-state index is 0.0416. The zero-order valence-corrected chi connectivity index (χ0v) is 13.4. The first kappa shape index (κ1) is 14.0. The highest BCUT2D eigenvalue weighted by Gasteiger charge is 2.19. The third-order valence-electron chi connectivity index (χ3n) is 3.24. The number of rotatable bonds is 3. The Hall–Kier alpha value is -1.91. The van der Waals surface area contributed by atoms with Crippen molar-refractivity contribution in [3.05, 3.63) is 75.6 Å². The Balaban J connectivity index is 2.08. The van der Waals surface area contributed by atoms with Gasteiger partial charge in [-0.25, -0.2) is 0 Å². The lowest BCUT2D eigenvalue weighted by Gasteiger charge is -2.05. The molecule has 0 aliphatic carbocycles. The molecule has 0 spiro atoms. The van der Waals surface area contributed by atoms with Crippen LogP contribution in [0.15, 0.2) is 64.5 Å². The lowest BCUT2D eigenvalue weighted by molar-refractivity contribution is 0.104. The van der Waals surface area contributed by atoms with E-state index >= 15 is 0 Å². The molecule has 0 amide bonds. The molecule has 1 aromatic heterocycles. The van der Waals surface area contributed by atoms with E-state index in [1.54, 1.807) is 12.1 Å². The Bertz CT molecular complexity index is 778. The van der Waals surface area contributed by atoms with Crippen LogP contribution in [-0.2, 0) is 0 Å². The lowest BCUT2D eigenvalue weighted by atomic mass is 9.97. The number of anilines is 1. The van der Waals surface area contributed by atoms with E-state index in [0.29, 0.717) is 16.1 Å². The summed E-state index contributed by atoms with van der Waals surface area (Å²) in [6.07, 6.45) is 0. The molecule has 2 aromatic carbocycles. The van der Waals surface area contributed by atoms with Crippen LogP contribution in [0.5, 0.6) is 0 Å². The topological polar surface area (TPSA) is 43.1 Å². The van der Waals surface area contributed by atoms with Crippen molar-refractivity contribution < 1.29 is 4.79 Å². The predicted octanol–water partition coefficient (Wildman–Crippen LogP) is 4.99. The minimum Gasteiger partial charge on any atom is -0.390 e. The average molecular weight is 358 g/mol. The van der Waals surface area contributed by atoms with Gasteiger partial charge in [-0.3, -0.25) is 4.79 Å². The monoisotopic (exact) mass is 357 g/mol. The van der Waals surface area contributed by atoms with E-state index in [2.05, 4.69) is 15.9 Å². The van der Waals surface area contributed by atoms with Crippen LogP contribution in [0, 0.1) is 0 Å². The first-order valence-corrected chi connectivity index (χ1v) is 8.06. The third kappa shape index (κ3) is 2.77. The van der Waals surface area contributed by atoms with Gasteiger partial charge in [-0.2, -0.15) is 0 Å². The number of hydrogen-bond donors (Lipinski definition) is 1. The summed E-state index contributed by atoms with van der Waals surface area (Å²) < 4.78 is 0.945. The van der Waals surface area contributed by atoms with Crippen molar-refractivity contribution in [2.24, 2.45) is 0 Å². The van der Waals surface area contributed by atoms with E-state index in [-0.39, 0.29) is 5.78 Å². The molecule has 104 valence electrons. The molecule has 0 unspecified atom stereocenters. The summed E-state index contributed by atoms with van der Waals surface area (Å²) in [7, 11) is 0. The van der Waals surface area contributed by atoms with Gasteiger partial charge in [0.05, 0.1) is 10.6 Å². The van der Waals surface area contributed by atoms with Gasteiger partial charge in [0.15, 0.2) is 5.78 Å². The quantitative estimate of drug-likeness (QED) is 0.670. The van der Waals surface area contributed by atoms with Gasteiger partial charge >= 0.3 is 0 Å². The van der Waals surface area contributed by atoms with Crippen molar-refractivity contribution in [1.29, 1.82) is 0 Å². The zero-order chi connectivity index (χ0) is 14.8. The molecule has 0 fully saturated rings. The number of benzene rings is 2. The number of nitrogens with two attached hydrogens (primary N) is 1. The Labute approximate surface area is 135 Å². The van der Waals surface area contributed by atoms with E-state index in [9.17, 15) is 4.79 Å². The summed E-state index contributed by atoms with van der Waals surface area (Å²) >= 11 is 4.77. The molecular weight excluding hydrogens is 346 g/mol. The maximum Gasteiger partial charge on any atom is 0.196 e. The standard InChI is InChI=1S/C17H12BrNOS/c18-13-8-6-12(7-9-13)16(20)15-14(10-21-17(15)19)11-4-2-1-3-5-11/h1-10H,19H2. The smallest absolute Gasteiger partial charge is 0.196 e. The van der Waals surface area contributed by atoms with Crippen LogP contribution in [0.2, 0.25) is 0 Å². The van der Waals surface area contributed by atoms with Gasteiger partial charge in [0.1, 0.15) is 0 Å². The summed E-state index contributed by atoms with van der Waals surface area (Å²) in [5, 5.41) is 2.50. The minimum atomic E-state index is -0.0416. The van der Waals surface area contributed by atoms with Crippen molar-refractivity contribution >= 4 is 38.1 Å². The second-order valence-corrected chi connectivity index (χ2v) is 6.42. The van der Waals surface area contributed by atoms with Crippen molar-refractivity contribution in [2.75, 3.05) is 5.73 Å². The van der Waals surface area contributed by atoms with Gasteiger partial charge in [0.2, 0.25) is 0 Å². The summed E-state index contributed by atoms with van der Waals surface area (Å²) in [6.45, 7) is 0. The number of ketones is 1. The fourth-order valence-electron chi connectivity index (χ4n) is 2.18. The predicted molar refractivity (Wildman–Crippen MR) is 91.7 cm³/mol. The molecule has 3 aromatic rings. The molecule has 0 saturated carbocycles. The molecule has 0 saturated heterocycles. The number of halogens is 1. The van der Waals surface area contributed by atoms with Crippen molar-refractivity contribution in [3.63, 3.8) is 0 Å². The molecule has 4 heteroatoms. The van der Waals surface area contributed by atoms with Gasteiger partial charge in [0.25, 0.3) is 0 Å². The van der Waals surface area contributed by atoms with E-state index in [1.807, 2.05) is 47.8 Å². The fraction of sp³-hybridized carbons (Fsp3) is 0. The maximum absolute atomic E-state index is 12.7. The summed E-state index contributed by atoms with van der Waals surface area (Å²) in [4.78, 5) is 12.7. The second kappa shape index (κ2) is 5.84. The highest BCUT2D eigenvalue weighted by Crippen LogP contribution is 2.35. The number of carbonyl (C=O) groups is 1. The first-order valence-electron chi connectivity index (χ1n) is 6.39. The largest absolute Gasteiger partial charge is 0.390 e. The highest BCUT2D eigenvalue weighted by atomic mass is 79.9. The Morgan fingerprint density at radius 1 is 1.00 bits per heavy atom. The zero-order valence-electron chi connectivity index (χ0n) is 11.0. The second-order valence-electron chi connectivity index (χ2n) is 4.59. The normalized spacial score (nSPS) is 10.5. The van der Waals surface area contributed by atoms with Crippen molar-refractivity contribution in [2.45, 2.75) is 0 Å². The Kier molecular flexibility index (Phi) is 3.90. The molecule has 3 rings (SSSR count). The summed E-state index contributed by atoms with van der Waals surface area (Å²) in [5.41, 5.74) is 9.17. The van der Waals surface area contributed by atoms with Crippen LogP contribution in [0.25, 0.3) is 11.1 Å². The van der Waals surface area contributed by atoms with E-state index in [0.717, 1.165) is 15.6 Å². The van der Waals surface area contributed by atoms with Gasteiger partial charge in [-0.05, 0) is 29.8 Å².